The van der Waals surface area contributed by atoms with Gasteiger partial charge in [0.15, 0.2) is 0 Å². The van der Waals surface area contributed by atoms with E-state index in [1.54, 1.807) is 61.0 Å². The maximum atomic E-state index is 12.7. The van der Waals surface area contributed by atoms with Crippen LogP contribution in [-0.4, -0.2) is 29.9 Å². The molecule has 27 heavy (non-hydrogen) atoms. The lowest BCUT2D eigenvalue weighted by Gasteiger charge is -2.04. The molecule has 0 N–H and O–H groups in total. The highest BCUT2D eigenvalue weighted by Gasteiger charge is 2.19. The topological polar surface area (TPSA) is 57.0 Å². The normalized spacial score (nSPS) is 11.1. The predicted octanol–water partition coefficient (Wildman–Crippen LogP) is 4.67. The number of nitrogens with zero attached hydrogens (tertiary/aromatic N) is 1. The molecule has 0 bridgehead atoms. The number of carbonyl (C=O) groups is 2. The van der Waals surface area contributed by atoms with Gasteiger partial charge in [-0.1, -0.05) is 29.8 Å². The van der Waals surface area contributed by atoms with Crippen molar-refractivity contribution in [2.75, 3.05) is 13.7 Å². The summed E-state index contributed by atoms with van der Waals surface area (Å²) in [6, 6.07) is 12.1. The molecule has 5 nitrogen and oxygen atoms in total. The molecule has 0 aliphatic heterocycles. The Hall–Kier alpha value is -3.05. The van der Waals surface area contributed by atoms with Crippen molar-refractivity contribution in [1.82, 2.24) is 4.40 Å². The van der Waals surface area contributed by atoms with E-state index in [1.165, 1.54) is 6.08 Å². The van der Waals surface area contributed by atoms with Crippen molar-refractivity contribution < 1.29 is 19.1 Å². The fraction of sp³-hybridized carbons (Fsp3) is 0.143. The molecule has 138 valence electrons. The number of fused-ring (bicyclic) bond motifs is 1. The Morgan fingerprint density at radius 1 is 1.15 bits per heavy atom. The van der Waals surface area contributed by atoms with Crippen LogP contribution < -0.4 is 4.74 Å². The Morgan fingerprint density at radius 2 is 1.89 bits per heavy atom. The van der Waals surface area contributed by atoms with Crippen molar-refractivity contribution in [3.05, 3.63) is 76.6 Å². The van der Waals surface area contributed by atoms with Crippen LogP contribution in [0.15, 0.2) is 54.7 Å². The van der Waals surface area contributed by atoms with Gasteiger partial charge in [-0.05, 0) is 42.8 Å². The van der Waals surface area contributed by atoms with Crippen molar-refractivity contribution in [1.29, 1.82) is 0 Å². The highest BCUT2D eigenvalue weighted by molar-refractivity contribution is 6.30. The fourth-order valence-electron chi connectivity index (χ4n) is 2.70. The predicted molar refractivity (Wildman–Crippen MR) is 105 cm³/mol. The highest BCUT2D eigenvalue weighted by Crippen LogP contribution is 2.24. The number of halogens is 1. The molecule has 0 fully saturated rings. The molecular weight excluding hydrogens is 366 g/mol. The number of rotatable bonds is 6. The van der Waals surface area contributed by atoms with Crippen LogP contribution in [0, 0.1) is 0 Å². The Bertz CT molecular complexity index is 1020. The summed E-state index contributed by atoms with van der Waals surface area (Å²) >= 11 is 5.87. The van der Waals surface area contributed by atoms with Gasteiger partial charge in [-0.2, -0.15) is 0 Å². The van der Waals surface area contributed by atoms with E-state index in [9.17, 15) is 9.59 Å². The van der Waals surface area contributed by atoms with Gasteiger partial charge >= 0.3 is 5.97 Å². The van der Waals surface area contributed by atoms with Crippen LogP contribution >= 0.6 is 11.6 Å². The van der Waals surface area contributed by atoms with E-state index >= 15 is 0 Å². The minimum atomic E-state index is -0.482. The molecule has 0 aliphatic carbocycles. The molecule has 0 atom stereocenters. The van der Waals surface area contributed by atoms with Gasteiger partial charge in [-0.15, -0.1) is 0 Å². The summed E-state index contributed by atoms with van der Waals surface area (Å²) in [5.41, 5.74) is 2.08. The van der Waals surface area contributed by atoms with Crippen LogP contribution in [0.3, 0.4) is 0 Å². The molecule has 3 rings (SSSR count). The van der Waals surface area contributed by atoms with E-state index in [1.807, 2.05) is 12.1 Å². The summed E-state index contributed by atoms with van der Waals surface area (Å²) in [4.78, 5) is 25.0. The molecule has 0 saturated heterocycles. The third-order valence-electron chi connectivity index (χ3n) is 4.02. The zero-order valence-electron chi connectivity index (χ0n) is 14.9. The van der Waals surface area contributed by atoms with Gasteiger partial charge in [0.2, 0.25) is 5.78 Å². The highest BCUT2D eigenvalue weighted by atomic mass is 35.5. The van der Waals surface area contributed by atoms with Crippen LogP contribution in [0.2, 0.25) is 5.02 Å². The molecule has 0 aliphatic rings. The average Bonchev–Trinajstić information content (AvgIpc) is 3.06. The van der Waals surface area contributed by atoms with Gasteiger partial charge < -0.3 is 13.9 Å². The summed E-state index contributed by atoms with van der Waals surface area (Å²) in [6.07, 6.45) is 4.86. The molecule has 2 aromatic heterocycles. The number of pyridine rings is 1. The van der Waals surface area contributed by atoms with Gasteiger partial charge in [-0.25, -0.2) is 4.79 Å². The second-order valence-corrected chi connectivity index (χ2v) is 6.17. The third-order valence-corrected chi connectivity index (χ3v) is 4.28. The molecule has 6 heteroatoms. The van der Waals surface area contributed by atoms with Crippen molar-refractivity contribution in [3.63, 3.8) is 0 Å². The largest absolute Gasteiger partial charge is 0.497 e. The van der Waals surface area contributed by atoms with Crippen LogP contribution in [0.25, 0.3) is 11.6 Å². The fourth-order valence-corrected chi connectivity index (χ4v) is 2.82. The van der Waals surface area contributed by atoms with E-state index in [4.69, 9.17) is 21.1 Å². The number of allylic oxidation sites excluding steroid dienone is 1. The van der Waals surface area contributed by atoms with Crippen LogP contribution in [-0.2, 0) is 4.74 Å². The zero-order chi connectivity index (χ0) is 19.4. The first-order valence-corrected chi connectivity index (χ1v) is 8.75. The van der Waals surface area contributed by atoms with Gasteiger partial charge in [0, 0.05) is 17.3 Å². The quantitative estimate of drug-likeness (QED) is 0.352. The molecule has 0 amide bonds. The molecule has 0 unspecified atom stereocenters. The first-order valence-electron chi connectivity index (χ1n) is 8.37. The van der Waals surface area contributed by atoms with Crippen molar-refractivity contribution in [2.45, 2.75) is 6.92 Å². The number of methoxy groups -OCH3 is 1. The average molecular weight is 384 g/mol. The first-order chi connectivity index (χ1) is 13.0. The van der Waals surface area contributed by atoms with Gasteiger partial charge in [0.05, 0.1) is 30.5 Å². The number of ketones is 1. The number of hydrogen-bond donors (Lipinski definition) is 0. The molecule has 0 radical (unpaired) electrons. The lowest BCUT2D eigenvalue weighted by molar-refractivity contribution is 0.0529. The molecule has 2 heterocycles. The summed E-state index contributed by atoms with van der Waals surface area (Å²) in [7, 11) is 1.54. The smallest absolute Gasteiger partial charge is 0.340 e. The number of carbonyl (C=O) groups excluding carboxylic acids is 2. The maximum Gasteiger partial charge on any atom is 0.340 e. The Labute approximate surface area is 161 Å². The monoisotopic (exact) mass is 383 g/mol. The first kappa shape index (κ1) is 18.7. The Morgan fingerprint density at radius 3 is 2.56 bits per heavy atom. The van der Waals surface area contributed by atoms with Crippen LogP contribution in [0.5, 0.6) is 5.75 Å². The number of ether oxygens (including phenoxy) is 2. The molecular formula is C21H18ClNO4. The lowest BCUT2D eigenvalue weighted by atomic mass is 10.1. The van der Waals surface area contributed by atoms with Crippen molar-refractivity contribution in [2.24, 2.45) is 0 Å². The third kappa shape index (κ3) is 4.04. The summed E-state index contributed by atoms with van der Waals surface area (Å²) < 4.78 is 12.0. The molecule has 0 spiro atoms. The second kappa shape index (κ2) is 8.10. The summed E-state index contributed by atoms with van der Waals surface area (Å²) in [5, 5.41) is 0.629. The Balaban J connectivity index is 2.01. The maximum absolute atomic E-state index is 12.7. The minimum absolute atomic E-state index is 0.235. The van der Waals surface area contributed by atoms with E-state index in [0.717, 1.165) is 5.56 Å². The number of benzene rings is 1. The zero-order valence-corrected chi connectivity index (χ0v) is 15.7. The van der Waals surface area contributed by atoms with Gasteiger partial charge in [0.1, 0.15) is 5.75 Å². The van der Waals surface area contributed by atoms with Crippen LogP contribution in [0.4, 0.5) is 0 Å². The van der Waals surface area contributed by atoms with E-state index in [0.29, 0.717) is 27.5 Å². The summed E-state index contributed by atoms with van der Waals surface area (Å²) in [5.74, 6) is -0.133. The standard InChI is InChI=1S/C21H18ClNO4/c1-3-27-21(25)17-13-19(23-11-10-16(26-2)12-18(17)23)20(24)9-6-14-4-7-15(22)8-5-14/h4-13H,3H2,1-2H3/b9-6+. The Kier molecular flexibility index (Phi) is 5.62. The number of aromatic nitrogens is 1. The molecule has 3 aromatic rings. The van der Waals surface area contributed by atoms with Gasteiger partial charge in [0.25, 0.3) is 0 Å². The second-order valence-electron chi connectivity index (χ2n) is 5.73. The van der Waals surface area contributed by atoms with Gasteiger partial charge in [-0.3, -0.25) is 4.79 Å². The molecule has 1 aromatic carbocycles. The number of hydrogen-bond acceptors (Lipinski definition) is 4. The van der Waals surface area contributed by atoms with Crippen molar-refractivity contribution >= 4 is 34.9 Å². The van der Waals surface area contributed by atoms with Crippen molar-refractivity contribution in [3.8, 4) is 5.75 Å². The SMILES string of the molecule is CCOC(=O)c1cc(C(=O)/C=C/c2ccc(Cl)cc2)n2ccc(OC)cc12. The molecule has 0 saturated carbocycles. The van der Waals surface area contributed by atoms with E-state index in [2.05, 4.69) is 0 Å². The van der Waals surface area contributed by atoms with E-state index in [-0.39, 0.29) is 12.4 Å². The van der Waals surface area contributed by atoms with E-state index < -0.39 is 5.97 Å². The number of esters is 1. The minimum Gasteiger partial charge on any atom is -0.497 e. The van der Waals surface area contributed by atoms with Crippen LogP contribution in [0.1, 0.15) is 33.3 Å². The lowest BCUT2D eigenvalue weighted by Crippen LogP contribution is -2.04. The summed E-state index contributed by atoms with van der Waals surface area (Å²) in [6.45, 7) is 1.98.